The number of ether oxygens (including phenoxy) is 1. The van der Waals surface area contributed by atoms with Crippen LogP contribution in [-0.4, -0.2) is 50.1 Å². The Morgan fingerprint density at radius 1 is 1.29 bits per heavy atom. The Morgan fingerprint density at radius 3 is 2.48 bits per heavy atom. The summed E-state index contributed by atoms with van der Waals surface area (Å²) in [5, 5.41) is 9.21. The van der Waals surface area contributed by atoms with E-state index in [2.05, 4.69) is 36.6 Å². The first-order valence-electron chi connectivity index (χ1n) is 5.89. The van der Waals surface area contributed by atoms with Gasteiger partial charge in [0.05, 0.1) is 24.5 Å². The van der Waals surface area contributed by atoms with E-state index >= 15 is 0 Å². The average molecular weight is 444 g/mol. The zero-order valence-electron chi connectivity index (χ0n) is 10.7. The van der Waals surface area contributed by atoms with Gasteiger partial charge in [0.1, 0.15) is 0 Å². The third-order valence-electron chi connectivity index (χ3n) is 2.83. The summed E-state index contributed by atoms with van der Waals surface area (Å²) in [6.45, 7) is 1.08. The lowest BCUT2D eigenvalue weighted by Gasteiger charge is -2.27. The molecule has 7 nitrogen and oxygen atoms in total. The van der Waals surface area contributed by atoms with Crippen molar-refractivity contribution < 1.29 is 23.1 Å². The van der Waals surface area contributed by atoms with E-state index in [1.54, 1.807) is 6.07 Å². The van der Waals surface area contributed by atoms with Gasteiger partial charge in [0.2, 0.25) is 0 Å². The fraction of sp³-hybridized carbons (Fsp3) is 0.364. The second kappa shape index (κ2) is 6.61. The second-order valence-corrected chi connectivity index (χ2v) is 7.67. The molecule has 2 rings (SSSR count). The summed E-state index contributed by atoms with van der Waals surface area (Å²) in [5.41, 5.74) is -0.148. The summed E-state index contributed by atoms with van der Waals surface area (Å²) in [7, 11) is -3.83. The summed E-state index contributed by atoms with van der Waals surface area (Å²) in [5.74, 6) is -1.23. The number of rotatable bonds is 4. The number of nitrogens with zero attached hydrogens (tertiary/aromatic N) is 1. The Labute approximate surface area is 138 Å². The average Bonchev–Trinajstić information content (AvgIpc) is 2.42. The molecule has 0 aliphatic carbocycles. The van der Waals surface area contributed by atoms with Crippen molar-refractivity contribution in [2.75, 3.05) is 31.0 Å². The highest BCUT2D eigenvalue weighted by Crippen LogP contribution is 2.32. The van der Waals surface area contributed by atoms with Crippen LogP contribution in [0.3, 0.4) is 0 Å². The molecule has 10 heteroatoms. The van der Waals surface area contributed by atoms with Gasteiger partial charge in [-0.15, -0.1) is 0 Å². The molecule has 116 valence electrons. The molecule has 0 unspecified atom stereocenters. The van der Waals surface area contributed by atoms with Crippen molar-refractivity contribution in [1.82, 2.24) is 4.31 Å². The smallest absolute Gasteiger partial charge is 0.337 e. The molecule has 0 atom stereocenters. The van der Waals surface area contributed by atoms with Crippen LogP contribution in [0, 0.1) is 0 Å². The molecule has 1 heterocycles. The normalized spacial score (nSPS) is 16.7. The standard InChI is InChI=1S/C11H12Br2N2O5S/c12-7-5-8(11(16)17)10(9(13)6-7)14-21(18,19)15-1-3-20-4-2-15/h5-6,14H,1-4H2,(H,16,17). The molecule has 1 fully saturated rings. The van der Waals surface area contributed by atoms with Crippen molar-refractivity contribution in [2.45, 2.75) is 0 Å². The summed E-state index contributed by atoms with van der Waals surface area (Å²) >= 11 is 6.35. The Hall–Kier alpha value is -0.680. The zero-order chi connectivity index (χ0) is 15.6. The van der Waals surface area contributed by atoms with Crippen LogP contribution in [0.2, 0.25) is 0 Å². The predicted molar refractivity (Wildman–Crippen MR) is 83.7 cm³/mol. The summed E-state index contributed by atoms with van der Waals surface area (Å²) in [4.78, 5) is 11.3. The number of halogens is 2. The fourth-order valence-electron chi connectivity index (χ4n) is 1.83. The maximum Gasteiger partial charge on any atom is 0.337 e. The highest BCUT2D eigenvalue weighted by atomic mass is 79.9. The van der Waals surface area contributed by atoms with Crippen LogP contribution in [0.5, 0.6) is 0 Å². The van der Waals surface area contributed by atoms with Gasteiger partial charge in [0.15, 0.2) is 0 Å². The van der Waals surface area contributed by atoms with Crippen LogP contribution in [0.15, 0.2) is 21.1 Å². The maximum absolute atomic E-state index is 12.3. The highest BCUT2D eigenvalue weighted by molar-refractivity contribution is 9.11. The van der Waals surface area contributed by atoms with Crippen LogP contribution >= 0.6 is 31.9 Å². The van der Waals surface area contributed by atoms with E-state index in [4.69, 9.17) is 4.74 Å². The first kappa shape index (κ1) is 16.7. The molecule has 1 aromatic carbocycles. The third-order valence-corrected chi connectivity index (χ3v) is 5.42. The number of benzene rings is 1. The lowest BCUT2D eigenvalue weighted by Crippen LogP contribution is -2.43. The van der Waals surface area contributed by atoms with Gasteiger partial charge in [-0.1, -0.05) is 15.9 Å². The molecular weight excluding hydrogens is 432 g/mol. The quantitative estimate of drug-likeness (QED) is 0.740. The van der Waals surface area contributed by atoms with Gasteiger partial charge in [-0.05, 0) is 28.1 Å². The number of aromatic carboxylic acids is 1. The minimum absolute atomic E-state index is 0.00260. The van der Waals surface area contributed by atoms with E-state index < -0.39 is 16.2 Å². The first-order chi connectivity index (χ1) is 9.81. The fourth-order valence-corrected chi connectivity index (χ4v) is 4.52. The van der Waals surface area contributed by atoms with Gasteiger partial charge in [0.25, 0.3) is 0 Å². The lowest BCUT2D eigenvalue weighted by molar-refractivity contribution is 0.0697. The van der Waals surface area contributed by atoms with Gasteiger partial charge >= 0.3 is 16.2 Å². The summed E-state index contributed by atoms with van der Waals surface area (Å²) in [6.07, 6.45) is 0. The SMILES string of the molecule is O=C(O)c1cc(Br)cc(Br)c1NS(=O)(=O)N1CCOCC1. The minimum Gasteiger partial charge on any atom is -0.478 e. The van der Waals surface area contributed by atoms with E-state index in [9.17, 15) is 18.3 Å². The van der Waals surface area contributed by atoms with E-state index in [-0.39, 0.29) is 24.3 Å². The van der Waals surface area contributed by atoms with Gasteiger partial charge in [-0.25, -0.2) is 4.79 Å². The van der Waals surface area contributed by atoms with Gasteiger partial charge < -0.3 is 9.84 Å². The topological polar surface area (TPSA) is 95.9 Å². The second-order valence-electron chi connectivity index (χ2n) is 4.23. The third kappa shape index (κ3) is 3.95. The van der Waals surface area contributed by atoms with E-state index in [0.29, 0.717) is 22.2 Å². The minimum atomic E-state index is -3.83. The highest BCUT2D eigenvalue weighted by Gasteiger charge is 2.27. The molecule has 0 spiro atoms. The molecule has 1 aromatic rings. The zero-order valence-corrected chi connectivity index (χ0v) is 14.7. The Morgan fingerprint density at radius 2 is 1.90 bits per heavy atom. The molecule has 1 aliphatic heterocycles. The van der Waals surface area contributed by atoms with Crippen molar-refractivity contribution in [1.29, 1.82) is 0 Å². The number of carbonyl (C=O) groups is 1. The Balaban J connectivity index is 2.36. The van der Waals surface area contributed by atoms with E-state index in [0.717, 1.165) is 0 Å². The number of morpholine rings is 1. The molecule has 21 heavy (non-hydrogen) atoms. The number of nitrogens with one attached hydrogen (secondary N) is 1. The molecule has 1 aliphatic rings. The molecule has 1 saturated heterocycles. The summed E-state index contributed by atoms with van der Waals surface area (Å²) in [6, 6.07) is 2.91. The van der Waals surface area contributed by atoms with Crippen LogP contribution in [0.4, 0.5) is 5.69 Å². The lowest BCUT2D eigenvalue weighted by atomic mass is 10.2. The number of hydrogen-bond acceptors (Lipinski definition) is 4. The molecule has 2 N–H and O–H groups in total. The maximum atomic E-state index is 12.3. The van der Waals surface area contributed by atoms with Crippen molar-refractivity contribution >= 4 is 53.7 Å². The molecule has 0 aromatic heterocycles. The largest absolute Gasteiger partial charge is 0.478 e. The van der Waals surface area contributed by atoms with Gasteiger partial charge in [-0.3, -0.25) is 4.72 Å². The molecule has 0 saturated carbocycles. The van der Waals surface area contributed by atoms with Crippen molar-refractivity contribution in [3.8, 4) is 0 Å². The van der Waals surface area contributed by atoms with Gasteiger partial charge in [-0.2, -0.15) is 12.7 Å². The number of hydrogen-bond donors (Lipinski definition) is 2. The number of carboxylic acids is 1. The number of anilines is 1. The van der Waals surface area contributed by atoms with Gasteiger partial charge in [0, 0.05) is 22.0 Å². The Kier molecular flexibility index (Phi) is 5.25. The van der Waals surface area contributed by atoms with Crippen LogP contribution in [0.1, 0.15) is 10.4 Å². The predicted octanol–water partition coefficient (Wildman–Crippen LogP) is 1.90. The molecule has 0 bridgehead atoms. The van der Waals surface area contributed by atoms with Crippen LogP contribution < -0.4 is 4.72 Å². The van der Waals surface area contributed by atoms with E-state index in [1.807, 2.05) is 0 Å². The number of carboxylic acid groups (broad SMARTS) is 1. The molecule has 0 radical (unpaired) electrons. The van der Waals surface area contributed by atoms with Crippen LogP contribution in [-0.2, 0) is 14.9 Å². The van der Waals surface area contributed by atoms with Crippen LogP contribution in [0.25, 0.3) is 0 Å². The first-order valence-corrected chi connectivity index (χ1v) is 8.92. The van der Waals surface area contributed by atoms with Crippen molar-refractivity contribution in [3.63, 3.8) is 0 Å². The Bertz CT molecular complexity index is 659. The molecule has 0 amide bonds. The van der Waals surface area contributed by atoms with Crippen molar-refractivity contribution in [3.05, 3.63) is 26.6 Å². The monoisotopic (exact) mass is 442 g/mol. The van der Waals surface area contributed by atoms with E-state index in [1.165, 1.54) is 10.4 Å². The van der Waals surface area contributed by atoms with Crippen molar-refractivity contribution in [2.24, 2.45) is 0 Å². The summed E-state index contributed by atoms with van der Waals surface area (Å²) < 4.78 is 34.1. The molecular formula is C11H12Br2N2O5S.